The molecule has 1 unspecified atom stereocenters. The molecule has 1 atom stereocenters. The molecule has 0 spiro atoms. The molecule has 0 heterocycles. The van der Waals surface area contributed by atoms with Crippen molar-refractivity contribution in [3.8, 4) is 0 Å². The molecule has 0 amide bonds. The molecule has 1 aliphatic rings. The summed E-state index contributed by atoms with van der Waals surface area (Å²) >= 11 is 0. The van der Waals surface area contributed by atoms with Crippen molar-refractivity contribution in [2.75, 3.05) is 42.3 Å². The fourth-order valence-corrected chi connectivity index (χ4v) is 3.27. The average Bonchev–Trinajstić information content (AvgIpc) is 3.01. The molecule has 1 saturated carbocycles. The minimum atomic E-state index is 0.0187. The van der Waals surface area contributed by atoms with Gasteiger partial charge in [0.1, 0.15) is 11.6 Å². The van der Waals surface area contributed by atoms with E-state index in [1.165, 1.54) is 11.5 Å². The van der Waals surface area contributed by atoms with E-state index in [1.807, 2.05) is 0 Å². The number of hydrogen-bond acceptors (Lipinski definition) is 3. The quantitative estimate of drug-likeness (QED) is 0.587. The van der Waals surface area contributed by atoms with E-state index < -0.39 is 0 Å². The molecule has 0 N–H and O–H groups in total. The van der Waals surface area contributed by atoms with Gasteiger partial charge in [-0.2, -0.15) is 0 Å². The van der Waals surface area contributed by atoms with E-state index in [2.05, 4.69) is 87.3 Å². The zero-order valence-corrected chi connectivity index (χ0v) is 12.3. The number of hydrogen-bond donors (Lipinski definition) is 0. The van der Waals surface area contributed by atoms with E-state index in [0.717, 1.165) is 0 Å². The minimum absolute atomic E-state index is 0.0187. The lowest BCUT2D eigenvalue weighted by Gasteiger charge is -2.30. The number of rotatable bonds is 4. The van der Waals surface area contributed by atoms with Crippen LogP contribution in [0.15, 0.2) is 30.3 Å². The van der Waals surface area contributed by atoms with Gasteiger partial charge in [0.2, 0.25) is 0 Å². The molecule has 0 aromatic heterocycles. The molecule has 2 rings (SSSR count). The van der Waals surface area contributed by atoms with Crippen LogP contribution in [0, 0.1) is 5.92 Å². The number of nitrogens with zero attached hydrogens (tertiary/aromatic N) is 3. The second-order valence-electron chi connectivity index (χ2n) is 5.66. The van der Waals surface area contributed by atoms with Crippen molar-refractivity contribution < 1.29 is 0 Å². The Morgan fingerprint density at radius 1 is 0.889 bits per heavy atom. The predicted molar refractivity (Wildman–Crippen MR) is 76.4 cm³/mol. The fraction of sp³-hybridized carbons (Fsp3) is 0.533. The first kappa shape index (κ1) is 13.4. The van der Waals surface area contributed by atoms with Gasteiger partial charge in [-0.3, -0.25) is 14.7 Å². The lowest BCUT2D eigenvalue weighted by atomic mass is 10.1. The molecule has 0 radical (unpaired) electrons. The van der Waals surface area contributed by atoms with Crippen molar-refractivity contribution in [2.24, 2.45) is 0 Å². The van der Waals surface area contributed by atoms with Gasteiger partial charge in [0.25, 0.3) is 0 Å². The van der Waals surface area contributed by atoms with Gasteiger partial charge in [-0.25, -0.2) is 0 Å². The van der Waals surface area contributed by atoms with Crippen LogP contribution in [0.3, 0.4) is 0 Å². The van der Waals surface area contributed by atoms with Crippen molar-refractivity contribution in [3.63, 3.8) is 0 Å². The van der Waals surface area contributed by atoms with Crippen LogP contribution >= 0.6 is 0 Å². The molecule has 98 valence electrons. The molecule has 1 fully saturated rings. The Morgan fingerprint density at radius 3 is 1.72 bits per heavy atom. The van der Waals surface area contributed by atoms with Crippen LogP contribution in [0.1, 0.15) is 5.56 Å². The van der Waals surface area contributed by atoms with E-state index in [0.29, 0.717) is 6.04 Å². The van der Waals surface area contributed by atoms with Gasteiger partial charge in [0, 0.05) is 12.1 Å². The van der Waals surface area contributed by atoms with E-state index in [-0.39, 0.29) is 5.66 Å². The molecule has 1 aliphatic carbocycles. The fourth-order valence-electron chi connectivity index (χ4n) is 3.27. The topological polar surface area (TPSA) is 9.72 Å². The van der Waals surface area contributed by atoms with E-state index in [1.54, 1.807) is 0 Å². The lowest BCUT2D eigenvalue weighted by Crippen LogP contribution is -2.49. The lowest BCUT2D eigenvalue weighted by molar-refractivity contribution is 0.0810. The highest BCUT2D eigenvalue weighted by Gasteiger charge is 2.75. The third kappa shape index (κ3) is 1.74. The van der Waals surface area contributed by atoms with Gasteiger partial charge in [-0.15, -0.1) is 0 Å². The normalized spacial score (nSPS) is 22.1. The van der Waals surface area contributed by atoms with Gasteiger partial charge in [0.15, 0.2) is 5.66 Å². The summed E-state index contributed by atoms with van der Waals surface area (Å²) in [6.07, 6.45) is 0. The molecular formula is C15H24N3+. The molecule has 0 aliphatic heterocycles. The van der Waals surface area contributed by atoms with Gasteiger partial charge in [-0.1, -0.05) is 0 Å². The summed E-state index contributed by atoms with van der Waals surface area (Å²) < 4.78 is 0. The van der Waals surface area contributed by atoms with Crippen LogP contribution in [0.25, 0.3) is 0 Å². The summed E-state index contributed by atoms with van der Waals surface area (Å²) in [6.45, 7) is 0. The van der Waals surface area contributed by atoms with Crippen molar-refractivity contribution in [1.29, 1.82) is 0 Å². The Labute approximate surface area is 111 Å². The number of benzene rings is 1. The summed E-state index contributed by atoms with van der Waals surface area (Å²) in [4.78, 5) is 6.95. The van der Waals surface area contributed by atoms with Crippen LogP contribution in [-0.2, 0) is 0 Å². The molecule has 3 heteroatoms. The maximum Gasteiger partial charge on any atom is 0.176 e. The van der Waals surface area contributed by atoms with Crippen molar-refractivity contribution in [3.05, 3.63) is 41.8 Å². The maximum atomic E-state index is 2.32. The Bertz CT molecular complexity index is 389. The van der Waals surface area contributed by atoms with Crippen LogP contribution in [0.5, 0.6) is 0 Å². The predicted octanol–water partition coefficient (Wildman–Crippen LogP) is 1.37. The summed E-state index contributed by atoms with van der Waals surface area (Å²) in [5, 5.41) is 0. The highest BCUT2D eigenvalue weighted by molar-refractivity contribution is 5.55. The number of likely N-dealkylation sites (N-methyl/N-ethyl adjacent to an activating group) is 3. The summed E-state index contributed by atoms with van der Waals surface area (Å²) in [5.74, 6) is 1.49. The zero-order chi connectivity index (χ0) is 13.5. The second-order valence-corrected chi connectivity index (χ2v) is 5.66. The van der Waals surface area contributed by atoms with Gasteiger partial charge < -0.3 is 0 Å². The Morgan fingerprint density at radius 2 is 1.39 bits per heavy atom. The first-order valence-electron chi connectivity index (χ1n) is 6.38. The largest absolute Gasteiger partial charge is 0.288 e. The molecule has 0 bridgehead atoms. The van der Waals surface area contributed by atoms with Crippen LogP contribution < -0.4 is 0 Å². The van der Waals surface area contributed by atoms with Crippen LogP contribution in [0.2, 0.25) is 0 Å². The zero-order valence-electron chi connectivity index (χ0n) is 12.3. The summed E-state index contributed by atoms with van der Waals surface area (Å²) in [5.41, 5.74) is 1.36. The Kier molecular flexibility index (Phi) is 3.41. The minimum Gasteiger partial charge on any atom is -0.288 e. The van der Waals surface area contributed by atoms with Crippen molar-refractivity contribution in [1.82, 2.24) is 14.7 Å². The van der Waals surface area contributed by atoms with Crippen LogP contribution in [-0.4, -0.2) is 68.7 Å². The van der Waals surface area contributed by atoms with Gasteiger partial charge in [0.05, 0.1) is 5.92 Å². The van der Waals surface area contributed by atoms with E-state index >= 15 is 0 Å². The second kappa shape index (κ2) is 4.57. The molecule has 3 nitrogen and oxygen atoms in total. The van der Waals surface area contributed by atoms with Gasteiger partial charge >= 0.3 is 0 Å². The third-order valence-electron chi connectivity index (χ3n) is 3.93. The van der Waals surface area contributed by atoms with Crippen LogP contribution in [0.4, 0.5) is 0 Å². The van der Waals surface area contributed by atoms with E-state index in [9.17, 15) is 0 Å². The highest BCUT2D eigenvalue weighted by Crippen LogP contribution is 2.56. The smallest absolute Gasteiger partial charge is 0.176 e. The first-order valence-corrected chi connectivity index (χ1v) is 6.38. The Hall–Kier alpha value is -1.03. The first-order chi connectivity index (χ1) is 8.44. The SMILES string of the molecule is CN(C)C1[C+](c2ccccc2)C1(N(C)C)N(C)C. The maximum absolute atomic E-state index is 2.32. The standard InChI is InChI=1S/C15H24N3/c1-16(2)14-13(12-10-8-7-9-11-12)15(14,17(3)4)18(5)6/h7-11,14H,1-6H3/q+1. The third-order valence-corrected chi connectivity index (χ3v) is 3.93. The molecular weight excluding hydrogens is 222 g/mol. The average molecular weight is 246 g/mol. The van der Waals surface area contributed by atoms with Gasteiger partial charge in [-0.05, 0) is 60.5 Å². The molecule has 1 aromatic carbocycles. The highest BCUT2D eigenvalue weighted by atomic mass is 15.5. The molecule has 18 heavy (non-hydrogen) atoms. The van der Waals surface area contributed by atoms with Crippen molar-refractivity contribution in [2.45, 2.75) is 11.7 Å². The molecule has 0 saturated heterocycles. The summed E-state index contributed by atoms with van der Waals surface area (Å²) in [7, 11) is 12.9. The monoisotopic (exact) mass is 246 g/mol. The molecule has 1 aromatic rings. The Balaban J connectivity index is 2.41. The summed E-state index contributed by atoms with van der Waals surface area (Å²) in [6, 6.07) is 11.2. The van der Waals surface area contributed by atoms with Crippen molar-refractivity contribution >= 4 is 0 Å². The van der Waals surface area contributed by atoms with E-state index in [4.69, 9.17) is 0 Å².